The lowest BCUT2D eigenvalue weighted by atomic mass is 10.7. The quantitative estimate of drug-likeness (QED) is 0.719. The fourth-order valence-electron chi connectivity index (χ4n) is 0.432. The van der Waals surface area contributed by atoms with Crippen molar-refractivity contribution >= 4 is 22.9 Å². The van der Waals surface area contributed by atoms with Crippen LogP contribution in [0.5, 0.6) is 0 Å². The maximum Gasteiger partial charge on any atom is 0.445 e. The third-order valence-electron chi connectivity index (χ3n) is 0.825. The van der Waals surface area contributed by atoms with Gasteiger partial charge in [-0.05, 0) is 0 Å². The molecule has 65 valence electrons. The van der Waals surface area contributed by atoms with E-state index in [1.54, 1.807) is 0 Å². The van der Waals surface area contributed by atoms with Gasteiger partial charge in [-0.25, -0.2) is 0 Å². The summed E-state index contributed by atoms with van der Waals surface area (Å²) in [6.45, 7) is 0. The van der Waals surface area contributed by atoms with E-state index < -0.39 is 11.2 Å². The predicted molar refractivity (Wildman–Crippen MR) is 34.2 cm³/mol. The molecular weight excluding hydrogens is 195 g/mol. The molecule has 0 unspecified atom stereocenters. The summed E-state index contributed by atoms with van der Waals surface area (Å²) in [5.74, 6) is 0. The standard InChI is InChI=1S/C4HF3N3OS/c5-4(6,7)2-9-10-3(12-2)8-1-11/h(H,8,10,11). The Morgan fingerprint density at radius 1 is 1.42 bits per heavy atom. The third-order valence-corrected chi connectivity index (χ3v) is 1.71. The van der Waals surface area contributed by atoms with Crippen LogP contribution in [0.15, 0.2) is 0 Å². The van der Waals surface area contributed by atoms with E-state index in [1.807, 2.05) is 5.32 Å². The maximum atomic E-state index is 11.8. The molecule has 0 spiro atoms. The average Bonchev–Trinajstić information content (AvgIpc) is 2.35. The number of halogens is 3. The van der Waals surface area contributed by atoms with Crippen molar-refractivity contribution in [3.8, 4) is 0 Å². The molecule has 0 saturated heterocycles. The minimum Gasteiger partial charge on any atom is -0.292 e. The number of carbonyl (C=O) groups excluding carboxylic acids is 1. The summed E-state index contributed by atoms with van der Waals surface area (Å²) in [5, 5.41) is 6.37. The minimum absolute atomic E-state index is 0.225. The number of hydrogen-bond acceptors (Lipinski definition) is 4. The summed E-state index contributed by atoms with van der Waals surface area (Å²) in [7, 11) is 0. The van der Waals surface area contributed by atoms with Gasteiger partial charge in [0.05, 0.1) is 0 Å². The molecule has 1 N–H and O–H groups in total. The van der Waals surface area contributed by atoms with Gasteiger partial charge in [0.25, 0.3) is 0 Å². The smallest absolute Gasteiger partial charge is 0.292 e. The predicted octanol–water partition coefficient (Wildman–Crippen LogP) is 1.04. The Morgan fingerprint density at radius 3 is 2.50 bits per heavy atom. The molecule has 1 rings (SSSR count). The molecule has 8 heteroatoms. The van der Waals surface area contributed by atoms with Crippen LogP contribution in [0.2, 0.25) is 0 Å². The Balaban J connectivity index is 2.84. The molecule has 1 radical (unpaired) electrons. The molecule has 0 saturated carbocycles. The zero-order valence-corrected chi connectivity index (χ0v) is 6.16. The van der Waals surface area contributed by atoms with Gasteiger partial charge in [0.1, 0.15) is 0 Å². The molecule has 0 fully saturated rings. The van der Waals surface area contributed by atoms with Crippen molar-refractivity contribution in [2.24, 2.45) is 0 Å². The van der Waals surface area contributed by atoms with E-state index in [0.29, 0.717) is 0 Å². The first-order valence-corrected chi connectivity index (χ1v) is 3.39. The van der Waals surface area contributed by atoms with Gasteiger partial charge >= 0.3 is 12.6 Å². The Hall–Kier alpha value is -1.18. The number of aromatic nitrogens is 2. The van der Waals surface area contributed by atoms with Crippen molar-refractivity contribution in [2.45, 2.75) is 6.18 Å². The lowest BCUT2D eigenvalue weighted by Crippen LogP contribution is -2.03. The number of rotatable bonds is 2. The van der Waals surface area contributed by atoms with E-state index in [0.717, 1.165) is 0 Å². The van der Waals surface area contributed by atoms with Crippen molar-refractivity contribution in [1.29, 1.82) is 0 Å². The Morgan fingerprint density at radius 2 is 2.08 bits per heavy atom. The number of hydrogen-bond donors (Lipinski definition) is 1. The number of amides is 1. The highest BCUT2D eigenvalue weighted by Crippen LogP contribution is 2.32. The normalized spacial score (nSPS) is 11.2. The molecule has 0 aromatic carbocycles. The Labute approximate surface area is 68.4 Å². The van der Waals surface area contributed by atoms with E-state index in [1.165, 1.54) is 6.41 Å². The molecule has 0 aliphatic heterocycles. The highest BCUT2D eigenvalue weighted by atomic mass is 32.1. The lowest BCUT2D eigenvalue weighted by Gasteiger charge is -1.96. The summed E-state index contributed by atoms with van der Waals surface area (Å²) in [4.78, 5) is 9.65. The third kappa shape index (κ3) is 1.91. The van der Waals surface area contributed by atoms with E-state index in [2.05, 4.69) is 10.2 Å². The SMILES string of the molecule is O=[C]Nc1nnc(C(F)(F)F)s1. The molecule has 0 bridgehead atoms. The summed E-state index contributed by atoms with van der Waals surface area (Å²) >= 11 is 0.244. The summed E-state index contributed by atoms with van der Waals surface area (Å²) in [5.41, 5.74) is 0. The van der Waals surface area contributed by atoms with Gasteiger partial charge in [-0.3, -0.25) is 10.1 Å². The van der Waals surface area contributed by atoms with Crippen LogP contribution < -0.4 is 5.32 Å². The molecule has 1 amide bonds. The largest absolute Gasteiger partial charge is 0.445 e. The highest BCUT2D eigenvalue weighted by molar-refractivity contribution is 7.15. The van der Waals surface area contributed by atoms with Crippen molar-refractivity contribution < 1.29 is 18.0 Å². The van der Waals surface area contributed by atoms with Gasteiger partial charge in [-0.15, -0.1) is 10.2 Å². The second-order valence-electron chi connectivity index (χ2n) is 1.64. The number of anilines is 1. The van der Waals surface area contributed by atoms with Gasteiger partial charge in [0.15, 0.2) is 0 Å². The van der Waals surface area contributed by atoms with Crippen LogP contribution in [-0.2, 0) is 11.0 Å². The molecule has 1 heterocycles. The fraction of sp³-hybridized carbons (Fsp3) is 0.250. The second-order valence-corrected chi connectivity index (χ2v) is 2.61. The molecule has 1 aromatic rings. The fourth-order valence-corrected chi connectivity index (χ4v) is 0.987. The summed E-state index contributed by atoms with van der Waals surface area (Å²) < 4.78 is 35.5. The topological polar surface area (TPSA) is 54.9 Å². The van der Waals surface area contributed by atoms with Crippen LogP contribution in [0.4, 0.5) is 18.3 Å². The monoisotopic (exact) mass is 196 g/mol. The van der Waals surface area contributed by atoms with Crippen LogP contribution >= 0.6 is 11.3 Å². The molecule has 0 atom stereocenters. The number of nitrogens with one attached hydrogen (secondary N) is 1. The van der Waals surface area contributed by atoms with E-state index >= 15 is 0 Å². The lowest BCUT2D eigenvalue weighted by molar-refractivity contribution is -0.138. The molecule has 0 aliphatic carbocycles. The minimum atomic E-state index is -4.51. The van der Waals surface area contributed by atoms with Gasteiger partial charge < -0.3 is 0 Å². The first kappa shape index (κ1) is 8.91. The summed E-state index contributed by atoms with van der Waals surface area (Å²) in [6.07, 6.45) is -3.32. The van der Waals surface area contributed by atoms with Crippen molar-refractivity contribution in [3.05, 3.63) is 5.01 Å². The van der Waals surface area contributed by atoms with Crippen molar-refractivity contribution in [2.75, 3.05) is 5.32 Å². The van der Waals surface area contributed by atoms with Crippen LogP contribution in [0.3, 0.4) is 0 Å². The molecule has 4 nitrogen and oxygen atoms in total. The van der Waals surface area contributed by atoms with Gasteiger partial charge in [-0.1, -0.05) is 11.3 Å². The van der Waals surface area contributed by atoms with Crippen molar-refractivity contribution in [3.63, 3.8) is 0 Å². The number of nitrogens with zero attached hydrogens (tertiary/aromatic N) is 2. The van der Waals surface area contributed by atoms with Crippen LogP contribution in [0, 0.1) is 0 Å². The van der Waals surface area contributed by atoms with Crippen molar-refractivity contribution in [1.82, 2.24) is 10.2 Å². The first-order chi connectivity index (χ1) is 5.54. The van der Waals surface area contributed by atoms with Crippen LogP contribution in [-0.4, -0.2) is 16.6 Å². The highest BCUT2D eigenvalue weighted by Gasteiger charge is 2.35. The maximum absolute atomic E-state index is 11.8. The zero-order chi connectivity index (χ0) is 9.19. The van der Waals surface area contributed by atoms with Gasteiger partial charge in [0, 0.05) is 0 Å². The van der Waals surface area contributed by atoms with Crippen LogP contribution in [0.1, 0.15) is 5.01 Å². The Kier molecular flexibility index (Phi) is 2.27. The molecular formula is C4HF3N3OS. The van der Waals surface area contributed by atoms with Gasteiger partial charge in [0.2, 0.25) is 10.1 Å². The average molecular weight is 196 g/mol. The van der Waals surface area contributed by atoms with E-state index in [-0.39, 0.29) is 16.5 Å². The number of alkyl halides is 3. The molecule has 1 aromatic heterocycles. The second kappa shape index (κ2) is 3.05. The van der Waals surface area contributed by atoms with E-state index in [4.69, 9.17) is 0 Å². The van der Waals surface area contributed by atoms with Crippen LogP contribution in [0.25, 0.3) is 0 Å². The first-order valence-electron chi connectivity index (χ1n) is 2.58. The Bertz CT molecular complexity index is 283. The molecule has 12 heavy (non-hydrogen) atoms. The van der Waals surface area contributed by atoms with E-state index in [9.17, 15) is 18.0 Å². The zero-order valence-electron chi connectivity index (χ0n) is 5.34. The molecule has 0 aliphatic rings. The summed E-state index contributed by atoms with van der Waals surface area (Å²) in [6, 6.07) is 0. The van der Waals surface area contributed by atoms with Gasteiger partial charge in [-0.2, -0.15) is 13.2 Å².